The van der Waals surface area contributed by atoms with Crippen LogP contribution in [0.15, 0.2) is 0 Å². The van der Waals surface area contributed by atoms with Gasteiger partial charge >= 0.3 is 0 Å². The molecule has 28 heavy (non-hydrogen) atoms. The molecule has 0 aliphatic rings. The third kappa shape index (κ3) is 15.4. The first-order valence-corrected chi connectivity index (χ1v) is 15.0. The Bertz CT molecular complexity index is 328. The molecular weight excluding hydrogens is 351 g/mol. The highest BCUT2D eigenvalue weighted by molar-refractivity contribution is 6.59. The Morgan fingerprint density at radius 2 is 0.679 bits per heavy atom. The molecular formula is C27H57Al. The van der Waals surface area contributed by atoms with Gasteiger partial charge in [-0.05, 0) is 35.5 Å². The van der Waals surface area contributed by atoms with Crippen LogP contribution in [0.25, 0.3) is 0 Å². The lowest BCUT2D eigenvalue weighted by Gasteiger charge is -2.33. The molecule has 0 N–H and O–H groups in total. The molecule has 3 atom stereocenters. The predicted octanol–water partition coefficient (Wildman–Crippen LogP) is 9.87. The van der Waals surface area contributed by atoms with Crippen molar-refractivity contribution in [2.75, 3.05) is 0 Å². The van der Waals surface area contributed by atoms with Crippen molar-refractivity contribution in [3.8, 4) is 0 Å². The first-order valence-electron chi connectivity index (χ1n) is 12.6. The van der Waals surface area contributed by atoms with E-state index in [0.717, 1.165) is 17.8 Å². The van der Waals surface area contributed by atoms with Crippen LogP contribution < -0.4 is 0 Å². The molecule has 0 aromatic rings. The van der Waals surface area contributed by atoms with Gasteiger partial charge in [-0.3, -0.25) is 0 Å². The van der Waals surface area contributed by atoms with E-state index < -0.39 is 14.1 Å². The average molecular weight is 409 g/mol. The summed E-state index contributed by atoms with van der Waals surface area (Å²) in [5.41, 5.74) is 1.43. The van der Waals surface area contributed by atoms with Crippen LogP contribution in [0, 0.1) is 34.0 Å². The Labute approximate surface area is 185 Å². The number of hydrogen-bond donors (Lipinski definition) is 0. The van der Waals surface area contributed by atoms with Gasteiger partial charge in [0, 0.05) is 0 Å². The second-order valence-corrected chi connectivity index (χ2v) is 16.8. The average Bonchev–Trinajstić information content (AvgIpc) is 2.48. The number of rotatable bonds is 12. The van der Waals surface area contributed by atoms with Crippen molar-refractivity contribution < 1.29 is 0 Å². The lowest BCUT2D eigenvalue weighted by molar-refractivity contribution is 0.288. The molecule has 0 fully saturated rings. The second-order valence-electron chi connectivity index (χ2n) is 13.7. The minimum Gasteiger partial charge on any atom is -0.0910 e. The van der Waals surface area contributed by atoms with E-state index in [-0.39, 0.29) is 0 Å². The lowest BCUT2D eigenvalue weighted by Crippen LogP contribution is -2.28. The van der Waals surface area contributed by atoms with E-state index in [1.54, 1.807) is 15.8 Å². The summed E-state index contributed by atoms with van der Waals surface area (Å²) >= 11 is -0.729. The topological polar surface area (TPSA) is 0 Å². The first kappa shape index (κ1) is 28.5. The molecule has 0 radical (unpaired) electrons. The van der Waals surface area contributed by atoms with E-state index in [1.807, 2.05) is 0 Å². The van der Waals surface area contributed by atoms with Gasteiger partial charge in [0.1, 0.15) is 0 Å². The third-order valence-electron chi connectivity index (χ3n) is 6.44. The van der Waals surface area contributed by atoms with Gasteiger partial charge in [-0.1, -0.05) is 136 Å². The van der Waals surface area contributed by atoms with Gasteiger partial charge in [0.05, 0.1) is 0 Å². The molecule has 168 valence electrons. The van der Waals surface area contributed by atoms with Crippen LogP contribution >= 0.6 is 0 Å². The molecule has 0 saturated heterocycles. The second kappa shape index (κ2) is 12.4. The van der Waals surface area contributed by atoms with Crippen molar-refractivity contribution in [3.63, 3.8) is 0 Å². The van der Waals surface area contributed by atoms with Crippen LogP contribution in [0.3, 0.4) is 0 Å². The summed E-state index contributed by atoms with van der Waals surface area (Å²) in [6.45, 7) is 29.3. The summed E-state index contributed by atoms with van der Waals surface area (Å²) in [4.78, 5) is 0. The zero-order valence-corrected chi connectivity index (χ0v) is 23.3. The zero-order chi connectivity index (χ0) is 22.2. The SMILES string of the molecule is CCC([CH2][Al]([CH2]C(CC)CC(C)(C)C)[CH2]C(CC)CC(C)(C)C)CC(C)(C)C. The van der Waals surface area contributed by atoms with E-state index in [9.17, 15) is 0 Å². The summed E-state index contributed by atoms with van der Waals surface area (Å²) < 4.78 is 0. The molecule has 0 amide bonds. The van der Waals surface area contributed by atoms with Gasteiger partial charge in [-0.15, -0.1) is 0 Å². The van der Waals surface area contributed by atoms with E-state index in [2.05, 4.69) is 83.1 Å². The molecule has 0 aliphatic heterocycles. The monoisotopic (exact) mass is 408 g/mol. The molecule has 0 heterocycles. The molecule has 0 aromatic heterocycles. The molecule has 0 bridgehead atoms. The van der Waals surface area contributed by atoms with Crippen molar-refractivity contribution in [2.45, 2.75) is 137 Å². The van der Waals surface area contributed by atoms with E-state index in [4.69, 9.17) is 0 Å². The van der Waals surface area contributed by atoms with Crippen LogP contribution in [0.5, 0.6) is 0 Å². The van der Waals surface area contributed by atoms with Crippen LogP contribution in [0.1, 0.15) is 122 Å². The minimum atomic E-state index is -0.729. The molecule has 3 unspecified atom stereocenters. The molecule has 0 spiro atoms. The van der Waals surface area contributed by atoms with E-state index >= 15 is 0 Å². The highest BCUT2D eigenvalue weighted by Gasteiger charge is 2.31. The van der Waals surface area contributed by atoms with E-state index in [0.29, 0.717) is 16.2 Å². The quantitative estimate of drug-likeness (QED) is 0.282. The third-order valence-corrected chi connectivity index (χ3v) is 10.4. The van der Waals surface area contributed by atoms with Crippen LogP contribution in [0.4, 0.5) is 0 Å². The van der Waals surface area contributed by atoms with Crippen molar-refractivity contribution in [1.82, 2.24) is 0 Å². The van der Waals surface area contributed by atoms with Crippen LogP contribution in [-0.2, 0) is 0 Å². The molecule has 0 saturated carbocycles. The maximum atomic E-state index is 2.45. The summed E-state index contributed by atoms with van der Waals surface area (Å²) in [5.74, 6) is 2.86. The highest BCUT2D eigenvalue weighted by Crippen LogP contribution is 2.38. The Balaban J connectivity index is 5.32. The minimum absolute atomic E-state index is 0.477. The van der Waals surface area contributed by atoms with Crippen LogP contribution in [-0.4, -0.2) is 14.1 Å². The Morgan fingerprint density at radius 3 is 0.821 bits per heavy atom. The van der Waals surface area contributed by atoms with Gasteiger partial charge < -0.3 is 0 Å². The Morgan fingerprint density at radius 1 is 0.464 bits per heavy atom. The predicted molar refractivity (Wildman–Crippen MR) is 134 cm³/mol. The maximum absolute atomic E-state index is 2.45. The Hall–Kier alpha value is 0.532. The molecule has 0 nitrogen and oxygen atoms in total. The number of hydrogen-bond acceptors (Lipinski definition) is 0. The fraction of sp³-hybridized carbons (Fsp3) is 1.00. The molecule has 0 aliphatic carbocycles. The fourth-order valence-electron chi connectivity index (χ4n) is 5.48. The normalized spacial score (nSPS) is 16.7. The molecule has 0 aromatic carbocycles. The molecule has 0 rings (SSSR count). The fourth-order valence-corrected chi connectivity index (χ4v) is 10.4. The highest BCUT2D eigenvalue weighted by atomic mass is 27.2. The van der Waals surface area contributed by atoms with Gasteiger partial charge in [0.25, 0.3) is 14.1 Å². The lowest BCUT2D eigenvalue weighted by atomic mass is 9.84. The first-order chi connectivity index (χ1) is 12.6. The molecule has 1 heteroatoms. The van der Waals surface area contributed by atoms with Crippen molar-refractivity contribution in [2.24, 2.45) is 34.0 Å². The summed E-state index contributed by atoms with van der Waals surface area (Å²) in [7, 11) is 0. The summed E-state index contributed by atoms with van der Waals surface area (Å²) in [5, 5.41) is 4.78. The summed E-state index contributed by atoms with van der Waals surface area (Å²) in [6.07, 6.45) is 8.39. The van der Waals surface area contributed by atoms with Gasteiger partial charge in [-0.25, -0.2) is 0 Å². The standard InChI is InChI=1S/3C9H19.Al/c3*1-6-8(2)7-9(3,4)5;/h3*8H,2,6-7H2,1,3-5H3;. The smallest absolute Gasteiger partial charge is 0.0910 e. The largest absolute Gasteiger partial charge is 0.262 e. The Kier molecular flexibility index (Phi) is 12.6. The van der Waals surface area contributed by atoms with Gasteiger partial charge in [0.15, 0.2) is 0 Å². The summed E-state index contributed by atoms with van der Waals surface area (Å²) in [6, 6.07) is 0. The van der Waals surface area contributed by atoms with Crippen LogP contribution in [0.2, 0.25) is 15.8 Å². The maximum Gasteiger partial charge on any atom is 0.262 e. The van der Waals surface area contributed by atoms with Crippen molar-refractivity contribution in [3.05, 3.63) is 0 Å². The zero-order valence-electron chi connectivity index (χ0n) is 22.2. The van der Waals surface area contributed by atoms with Gasteiger partial charge in [0.2, 0.25) is 0 Å². The van der Waals surface area contributed by atoms with Crippen molar-refractivity contribution >= 4 is 14.1 Å². The van der Waals surface area contributed by atoms with E-state index in [1.165, 1.54) is 38.5 Å². The van der Waals surface area contributed by atoms with Crippen molar-refractivity contribution in [1.29, 1.82) is 0 Å². The van der Waals surface area contributed by atoms with Gasteiger partial charge in [-0.2, -0.15) is 0 Å².